The van der Waals surface area contributed by atoms with E-state index < -0.39 is 20.2 Å². The zero-order valence-electron chi connectivity index (χ0n) is 19.4. The molecule has 0 N–H and O–H groups in total. The van der Waals surface area contributed by atoms with Crippen molar-refractivity contribution in [1.29, 1.82) is 0 Å². The molecule has 3 fully saturated rings. The summed E-state index contributed by atoms with van der Waals surface area (Å²) >= 11 is 0. The van der Waals surface area contributed by atoms with Crippen LogP contribution in [0.15, 0.2) is 18.2 Å². The highest BCUT2D eigenvalue weighted by atomic mass is 32.3. The molecule has 0 radical (unpaired) electrons. The highest BCUT2D eigenvalue weighted by Crippen LogP contribution is 2.42. The van der Waals surface area contributed by atoms with Gasteiger partial charge in [0, 0.05) is 45.0 Å². The number of likely N-dealkylation sites (tertiary alicyclic amines) is 1. The predicted octanol–water partition coefficient (Wildman–Crippen LogP) is 1.93. The van der Waals surface area contributed by atoms with Crippen molar-refractivity contribution in [3.8, 4) is 11.5 Å². The van der Waals surface area contributed by atoms with Crippen LogP contribution >= 0.6 is 0 Å². The zero-order chi connectivity index (χ0) is 23.1. The molecule has 4 rings (SSSR count). The molecule has 178 valence electrons. The predicted molar refractivity (Wildman–Crippen MR) is 121 cm³/mol. The largest absolute Gasteiger partial charge is 0.614 e. The Kier molecular flexibility index (Phi) is 6.55. The molecule has 1 aromatic rings. The van der Waals surface area contributed by atoms with Crippen molar-refractivity contribution in [1.82, 2.24) is 9.80 Å². The fraction of sp³-hybridized carbons (Fsp3) is 0.696. The molecule has 3 heterocycles. The van der Waals surface area contributed by atoms with Gasteiger partial charge in [0.05, 0.1) is 30.5 Å². The number of hydrogen-bond acceptors (Lipinski definition) is 7. The standard InChI is InChI=1S/C23H34N2O6S/c1-23(2)22(26)25(12-16-7-9-31-10-8-16)19-14-24(15-21(19)32(23,27)28)13-17-11-18(29-3)5-6-20(17)30-4/h5-6,11,16,19,21H,7-10,12-15H2,1-4H3/t19-,21-/m0/s1. The number of fused-ring (bicyclic) bond motifs is 1. The molecular formula is C23H34N2O6S. The van der Waals surface area contributed by atoms with Crippen LogP contribution in [0.1, 0.15) is 32.3 Å². The molecule has 0 spiro atoms. The Hall–Kier alpha value is -1.68. The minimum atomic E-state index is -3.63. The number of ether oxygens (including phenoxy) is 3. The van der Waals surface area contributed by atoms with Crippen molar-refractivity contribution in [3.05, 3.63) is 23.8 Å². The molecule has 0 saturated carbocycles. The van der Waals surface area contributed by atoms with Crippen LogP contribution in [0, 0.1) is 5.92 Å². The van der Waals surface area contributed by atoms with E-state index in [0.29, 0.717) is 45.3 Å². The molecule has 3 aliphatic heterocycles. The van der Waals surface area contributed by atoms with Crippen molar-refractivity contribution in [2.24, 2.45) is 5.92 Å². The zero-order valence-corrected chi connectivity index (χ0v) is 20.2. The first kappa shape index (κ1) is 23.5. The number of amides is 1. The Bertz CT molecular complexity index is 900. The highest BCUT2D eigenvalue weighted by Gasteiger charge is 2.63. The fourth-order valence-corrected chi connectivity index (χ4v) is 7.41. The molecule has 0 aromatic heterocycles. The minimum Gasteiger partial charge on any atom is -0.614 e. The molecule has 9 heteroatoms. The summed E-state index contributed by atoms with van der Waals surface area (Å²) in [4.78, 5) is 17.4. The van der Waals surface area contributed by atoms with Crippen molar-refractivity contribution < 1.29 is 27.8 Å². The number of rotatable bonds is 6. The summed E-state index contributed by atoms with van der Waals surface area (Å²) < 4.78 is 41.8. The molecule has 3 atom stereocenters. The van der Waals surface area contributed by atoms with E-state index in [2.05, 4.69) is 4.90 Å². The monoisotopic (exact) mass is 466 g/mol. The van der Waals surface area contributed by atoms with Crippen LogP contribution in [0.5, 0.6) is 11.5 Å². The molecular weight excluding hydrogens is 432 g/mol. The van der Waals surface area contributed by atoms with E-state index in [0.717, 1.165) is 29.9 Å². The summed E-state index contributed by atoms with van der Waals surface area (Å²) in [5.74, 6) is 1.53. The summed E-state index contributed by atoms with van der Waals surface area (Å²) in [6.45, 7) is 6.57. The molecule has 1 amide bonds. The normalized spacial score (nSPS) is 30.9. The van der Waals surface area contributed by atoms with E-state index in [1.165, 1.54) is 0 Å². The summed E-state index contributed by atoms with van der Waals surface area (Å²) in [5.41, 5.74) is 0.935. The van der Waals surface area contributed by atoms with Crippen LogP contribution in [-0.4, -0.2) is 83.4 Å². The lowest BCUT2D eigenvalue weighted by Crippen LogP contribution is -2.68. The number of carbonyl (C=O) groups excluding carboxylic acids is 1. The van der Waals surface area contributed by atoms with Crippen LogP contribution < -0.4 is 9.47 Å². The lowest BCUT2D eigenvalue weighted by atomic mass is 9.97. The quantitative estimate of drug-likeness (QED) is 0.592. The molecule has 8 nitrogen and oxygen atoms in total. The van der Waals surface area contributed by atoms with Gasteiger partial charge >= 0.3 is 0 Å². The summed E-state index contributed by atoms with van der Waals surface area (Å²) in [5, 5.41) is -0.591. The Balaban J connectivity index is 1.60. The average Bonchev–Trinajstić information content (AvgIpc) is 3.21. The molecule has 3 saturated heterocycles. The third-order valence-electron chi connectivity index (χ3n) is 7.28. The van der Waals surface area contributed by atoms with Gasteiger partial charge in [0.1, 0.15) is 11.5 Å². The summed E-state index contributed by atoms with van der Waals surface area (Å²) in [6, 6.07) is 5.29. The fourth-order valence-electron chi connectivity index (χ4n) is 5.23. The van der Waals surface area contributed by atoms with Gasteiger partial charge in [-0.05, 0) is 50.8 Å². The van der Waals surface area contributed by atoms with E-state index in [-0.39, 0.29) is 11.9 Å². The number of carbonyl (C=O) groups is 1. The van der Waals surface area contributed by atoms with Gasteiger partial charge in [-0.2, -0.15) is 0 Å². The molecule has 0 bridgehead atoms. The van der Waals surface area contributed by atoms with Crippen LogP contribution in [0.4, 0.5) is 0 Å². The maximum Gasteiger partial charge on any atom is 0.278 e. The van der Waals surface area contributed by atoms with Crippen molar-refractivity contribution in [3.63, 3.8) is 0 Å². The van der Waals surface area contributed by atoms with Gasteiger partial charge in [-0.3, -0.25) is 9.69 Å². The second-order valence-corrected chi connectivity index (χ2v) is 12.3. The summed E-state index contributed by atoms with van der Waals surface area (Å²) in [6.07, 6.45) is 1.80. The van der Waals surface area contributed by atoms with Gasteiger partial charge in [-0.1, -0.05) is 0 Å². The SMILES string of the molecule is COc1ccc(OC)c(CN2C[C@H]3[C@H](C2)[S+](=O)([O-])C(C)(C)C(=O)N3CC2CCOCC2)c1. The molecule has 3 aliphatic rings. The third-order valence-corrected chi connectivity index (χ3v) is 10.1. The average molecular weight is 467 g/mol. The van der Waals surface area contributed by atoms with Crippen molar-refractivity contribution >= 4 is 16.1 Å². The van der Waals surface area contributed by atoms with E-state index in [9.17, 15) is 13.6 Å². The Labute approximate surface area is 191 Å². The molecule has 1 aromatic carbocycles. The first-order valence-electron chi connectivity index (χ1n) is 11.2. The number of hydrogen-bond donors (Lipinski definition) is 0. The van der Waals surface area contributed by atoms with E-state index in [1.54, 1.807) is 28.1 Å². The highest BCUT2D eigenvalue weighted by molar-refractivity contribution is 8.00. The second kappa shape index (κ2) is 8.93. The van der Waals surface area contributed by atoms with Crippen LogP contribution in [0.3, 0.4) is 0 Å². The number of benzene rings is 1. The van der Waals surface area contributed by atoms with E-state index in [1.807, 2.05) is 23.1 Å². The third kappa shape index (κ3) is 4.04. The summed E-state index contributed by atoms with van der Waals surface area (Å²) in [7, 11) is -0.392. The van der Waals surface area contributed by atoms with Gasteiger partial charge < -0.3 is 23.7 Å². The van der Waals surface area contributed by atoms with Crippen molar-refractivity contribution in [2.75, 3.05) is 47.1 Å². The van der Waals surface area contributed by atoms with Gasteiger partial charge in [-0.25, -0.2) is 0 Å². The molecule has 0 aliphatic carbocycles. The minimum absolute atomic E-state index is 0.272. The van der Waals surface area contributed by atoms with Gasteiger partial charge in [0.15, 0.2) is 5.25 Å². The first-order valence-corrected chi connectivity index (χ1v) is 12.8. The number of sulfone groups is 1. The topological polar surface area (TPSA) is 91.4 Å². The van der Waals surface area contributed by atoms with Gasteiger partial charge in [0.2, 0.25) is 4.75 Å². The molecule has 1 unspecified atom stereocenters. The Morgan fingerprint density at radius 2 is 1.91 bits per heavy atom. The Morgan fingerprint density at radius 3 is 2.56 bits per heavy atom. The maximum absolute atomic E-state index is 13.4. The van der Waals surface area contributed by atoms with E-state index in [4.69, 9.17) is 14.2 Å². The van der Waals surface area contributed by atoms with Crippen LogP contribution in [-0.2, 0) is 30.5 Å². The number of nitrogens with zero attached hydrogens (tertiary/aromatic N) is 2. The van der Waals surface area contributed by atoms with Gasteiger partial charge in [-0.15, -0.1) is 4.21 Å². The van der Waals surface area contributed by atoms with Gasteiger partial charge in [0.25, 0.3) is 5.91 Å². The van der Waals surface area contributed by atoms with E-state index >= 15 is 0 Å². The van der Waals surface area contributed by atoms with Crippen LogP contribution in [0.25, 0.3) is 0 Å². The Morgan fingerprint density at radius 1 is 1.19 bits per heavy atom. The second-order valence-electron chi connectivity index (χ2n) is 9.55. The number of methoxy groups -OCH3 is 2. The smallest absolute Gasteiger partial charge is 0.278 e. The lowest BCUT2D eigenvalue weighted by molar-refractivity contribution is -0.137. The maximum atomic E-state index is 13.4. The van der Waals surface area contributed by atoms with Crippen LogP contribution in [0.2, 0.25) is 0 Å². The van der Waals surface area contributed by atoms with Crippen molar-refractivity contribution in [2.45, 2.75) is 49.3 Å². The molecule has 32 heavy (non-hydrogen) atoms. The first-order chi connectivity index (χ1) is 15.2. The lowest BCUT2D eigenvalue weighted by Gasteiger charge is -2.48.